The van der Waals surface area contributed by atoms with E-state index in [0.717, 1.165) is 11.3 Å². The molecule has 1 N–H and O–H groups in total. The molecule has 0 bridgehead atoms. The summed E-state index contributed by atoms with van der Waals surface area (Å²) >= 11 is 0. The third kappa shape index (κ3) is 4.75. The van der Waals surface area contributed by atoms with Crippen molar-refractivity contribution in [2.45, 2.75) is 65.8 Å². The van der Waals surface area contributed by atoms with E-state index in [4.69, 9.17) is 9.52 Å². The van der Waals surface area contributed by atoms with Gasteiger partial charge >= 0.3 is 0 Å². The molecule has 0 spiro atoms. The van der Waals surface area contributed by atoms with Crippen LogP contribution in [0.15, 0.2) is 40.8 Å². The Bertz CT molecular complexity index is 1000. The number of nitrogens with one attached hydrogen (secondary N) is 1. The van der Waals surface area contributed by atoms with Crippen LogP contribution in [0.2, 0.25) is 0 Å². The van der Waals surface area contributed by atoms with Crippen molar-refractivity contribution in [2.75, 3.05) is 5.32 Å². The van der Waals surface area contributed by atoms with Gasteiger partial charge in [0.05, 0.1) is 23.3 Å². The SMILES string of the molecule is Cc1oc(-c2ccccc2)nc1CC(=O)Nc1cc(C(C)(C)C)nn1C(C)(C)C. The number of hydrogen-bond donors (Lipinski definition) is 1. The topological polar surface area (TPSA) is 73.0 Å². The molecule has 2 aromatic heterocycles. The van der Waals surface area contributed by atoms with Crippen molar-refractivity contribution < 1.29 is 9.21 Å². The Kier molecular flexibility index (Phi) is 5.39. The summed E-state index contributed by atoms with van der Waals surface area (Å²) in [4.78, 5) is 17.3. The largest absolute Gasteiger partial charge is 0.441 e. The maximum atomic E-state index is 12.8. The lowest BCUT2D eigenvalue weighted by Crippen LogP contribution is -2.27. The van der Waals surface area contributed by atoms with E-state index in [1.807, 2.05) is 48.0 Å². The molecule has 0 aliphatic rings. The lowest BCUT2D eigenvalue weighted by atomic mass is 9.92. The number of aromatic nitrogens is 3. The number of hydrogen-bond acceptors (Lipinski definition) is 4. The number of nitrogens with zero attached hydrogens (tertiary/aromatic N) is 3. The molecule has 1 amide bonds. The predicted molar refractivity (Wildman–Crippen MR) is 115 cm³/mol. The fraction of sp³-hybridized carbons (Fsp3) is 0.435. The number of amides is 1. The summed E-state index contributed by atoms with van der Waals surface area (Å²) in [7, 11) is 0. The Hall–Kier alpha value is -2.89. The molecular weight excluding hydrogens is 364 g/mol. The Morgan fingerprint density at radius 3 is 2.34 bits per heavy atom. The van der Waals surface area contributed by atoms with Gasteiger partial charge in [-0.25, -0.2) is 9.67 Å². The van der Waals surface area contributed by atoms with Gasteiger partial charge in [-0.2, -0.15) is 5.10 Å². The fourth-order valence-electron chi connectivity index (χ4n) is 2.98. The second-order valence-electron chi connectivity index (χ2n) is 9.36. The van der Waals surface area contributed by atoms with Crippen LogP contribution in [-0.4, -0.2) is 20.7 Å². The van der Waals surface area contributed by atoms with Crippen molar-refractivity contribution in [3.05, 3.63) is 53.5 Å². The number of aryl methyl sites for hydroxylation is 1. The molecule has 3 rings (SSSR count). The minimum Gasteiger partial charge on any atom is -0.441 e. The first-order valence-electron chi connectivity index (χ1n) is 9.88. The van der Waals surface area contributed by atoms with Crippen molar-refractivity contribution in [2.24, 2.45) is 0 Å². The molecule has 6 heteroatoms. The lowest BCUT2D eigenvalue weighted by Gasteiger charge is -2.23. The van der Waals surface area contributed by atoms with Crippen molar-refractivity contribution in [3.8, 4) is 11.5 Å². The summed E-state index contributed by atoms with van der Waals surface area (Å²) in [6.45, 7) is 14.4. The molecule has 0 fully saturated rings. The van der Waals surface area contributed by atoms with E-state index in [1.54, 1.807) is 0 Å². The first kappa shape index (κ1) is 20.8. The molecule has 0 saturated carbocycles. The molecule has 3 aromatic rings. The summed E-state index contributed by atoms with van der Waals surface area (Å²) < 4.78 is 7.64. The van der Waals surface area contributed by atoms with Crippen molar-refractivity contribution in [1.29, 1.82) is 0 Å². The molecule has 0 aliphatic carbocycles. The molecular formula is C23H30N4O2. The Morgan fingerprint density at radius 1 is 1.10 bits per heavy atom. The summed E-state index contributed by atoms with van der Waals surface area (Å²) in [5, 5.41) is 7.76. The normalized spacial score (nSPS) is 12.2. The fourth-order valence-corrected chi connectivity index (χ4v) is 2.98. The minimum atomic E-state index is -0.254. The molecule has 2 heterocycles. The second kappa shape index (κ2) is 7.50. The van der Waals surface area contributed by atoms with Crippen LogP contribution in [0, 0.1) is 6.92 Å². The zero-order chi connectivity index (χ0) is 21.4. The second-order valence-corrected chi connectivity index (χ2v) is 9.36. The van der Waals surface area contributed by atoms with Crippen LogP contribution in [0.4, 0.5) is 5.82 Å². The quantitative estimate of drug-likeness (QED) is 0.670. The van der Waals surface area contributed by atoms with E-state index in [0.29, 0.717) is 23.2 Å². The van der Waals surface area contributed by atoms with E-state index in [2.05, 4.69) is 51.8 Å². The van der Waals surface area contributed by atoms with Crippen LogP contribution in [0.25, 0.3) is 11.5 Å². The van der Waals surface area contributed by atoms with Gasteiger partial charge in [0.15, 0.2) is 0 Å². The average molecular weight is 395 g/mol. The highest BCUT2D eigenvalue weighted by atomic mass is 16.4. The number of carbonyl (C=O) groups is 1. The first-order valence-corrected chi connectivity index (χ1v) is 9.88. The van der Waals surface area contributed by atoms with Gasteiger partial charge < -0.3 is 9.73 Å². The summed E-state index contributed by atoms with van der Waals surface area (Å²) in [5.41, 5.74) is 2.11. The van der Waals surface area contributed by atoms with E-state index in [-0.39, 0.29) is 23.3 Å². The minimum absolute atomic E-state index is 0.108. The van der Waals surface area contributed by atoms with E-state index in [1.165, 1.54) is 0 Å². The summed E-state index contributed by atoms with van der Waals surface area (Å²) in [6.07, 6.45) is 0.141. The van der Waals surface area contributed by atoms with Gasteiger partial charge in [-0.3, -0.25) is 4.79 Å². The smallest absolute Gasteiger partial charge is 0.231 e. The van der Waals surface area contributed by atoms with Gasteiger partial charge in [-0.1, -0.05) is 39.0 Å². The third-order valence-electron chi connectivity index (χ3n) is 4.62. The van der Waals surface area contributed by atoms with Gasteiger partial charge in [-0.15, -0.1) is 0 Å². The van der Waals surface area contributed by atoms with Crippen LogP contribution in [0.5, 0.6) is 0 Å². The number of carbonyl (C=O) groups excluding carboxylic acids is 1. The van der Waals surface area contributed by atoms with Crippen molar-refractivity contribution >= 4 is 11.7 Å². The molecule has 0 radical (unpaired) electrons. The molecule has 0 unspecified atom stereocenters. The van der Waals surface area contributed by atoms with E-state index < -0.39 is 0 Å². The van der Waals surface area contributed by atoms with Gasteiger partial charge in [0.2, 0.25) is 11.8 Å². The van der Waals surface area contributed by atoms with Crippen LogP contribution in [0.1, 0.15) is 58.7 Å². The molecule has 6 nitrogen and oxygen atoms in total. The Labute approximate surface area is 172 Å². The number of benzene rings is 1. The zero-order valence-electron chi connectivity index (χ0n) is 18.3. The number of anilines is 1. The van der Waals surface area contributed by atoms with Gasteiger partial charge in [0, 0.05) is 17.0 Å². The molecule has 0 atom stereocenters. The van der Waals surface area contributed by atoms with Gasteiger partial charge in [-0.05, 0) is 39.8 Å². The Balaban J connectivity index is 1.81. The molecule has 1 aromatic carbocycles. The van der Waals surface area contributed by atoms with Crippen LogP contribution < -0.4 is 5.32 Å². The highest BCUT2D eigenvalue weighted by Crippen LogP contribution is 2.28. The Morgan fingerprint density at radius 2 is 1.76 bits per heavy atom. The monoisotopic (exact) mass is 394 g/mol. The zero-order valence-corrected chi connectivity index (χ0v) is 18.3. The number of rotatable bonds is 4. The highest BCUT2D eigenvalue weighted by molar-refractivity contribution is 5.91. The molecule has 0 aliphatic heterocycles. The average Bonchev–Trinajstić information content (AvgIpc) is 3.20. The molecule has 29 heavy (non-hydrogen) atoms. The lowest BCUT2D eigenvalue weighted by molar-refractivity contribution is -0.115. The first-order chi connectivity index (χ1) is 13.4. The maximum Gasteiger partial charge on any atom is 0.231 e. The van der Waals surface area contributed by atoms with E-state index in [9.17, 15) is 4.79 Å². The molecule has 154 valence electrons. The summed E-state index contributed by atoms with van der Waals surface area (Å²) in [6, 6.07) is 11.6. The summed E-state index contributed by atoms with van der Waals surface area (Å²) in [5.74, 6) is 1.73. The molecule has 0 saturated heterocycles. The highest BCUT2D eigenvalue weighted by Gasteiger charge is 2.26. The van der Waals surface area contributed by atoms with E-state index >= 15 is 0 Å². The van der Waals surface area contributed by atoms with Crippen molar-refractivity contribution in [1.82, 2.24) is 14.8 Å². The van der Waals surface area contributed by atoms with Crippen LogP contribution in [-0.2, 0) is 22.2 Å². The predicted octanol–water partition coefficient (Wildman–Crippen LogP) is 5.08. The van der Waals surface area contributed by atoms with Crippen LogP contribution >= 0.6 is 0 Å². The van der Waals surface area contributed by atoms with Crippen LogP contribution in [0.3, 0.4) is 0 Å². The van der Waals surface area contributed by atoms with Gasteiger partial charge in [0.1, 0.15) is 11.6 Å². The maximum absolute atomic E-state index is 12.8. The number of oxazole rings is 1. The third-order valence-corrected chi connectivity index (χ3v) is 4.62. The standard InChI is InChI=1S/C23H30N4O2/c1-15-17(24-21(29-15)16-11-9-8-10-12-16)13-20(28)25-19-14-18(22(2,3)4)26-27(19)23(5,6)7/h8-12,14H,13H2,1-7H3,(H,25,28). The van der Waals surface area contributed by atoms with Gasteiger partial charge in [0.25, 0.3) is 0 Å². The van der Waals surface area contributed by atoms with Crippen molar-refractivity contribution in [3.63, 3.8) is 0 Å².